The van der Waals surface area contributed by atoms with Gasteiger partial charge in [0.05, 0.1) is 12.0 Å². The summed E-state index contributed by atoms with van der Waals surface area (Å²) in [6.45, 7) is 4.31. The van der Waals surface area contributed by atoms with Gasteiger partial charge in [0, 0.05) is 0 Å². The number of hydrogen-bond donors (Lipinski definition) is 0. The van der Waals surface area contributed by atoms with Gasteiger partial charge in [0.15, 0.2) is 0 Å². The average molecular weight is 187 g/mol. The van der Waals surface area contributed by atoms with Crippen LogP contribution in [0.3, 0.4) is 0 Å². The zero-order chi connectivity index (χ0) is 10.4. The van der Waals surface area contributed by atoms with Crippen molar-refractivity contribution in [1.29, 1.82) is 5.26 Å². The smallest absolute Gasteiger partial charge is 0.0740 e. The van der Waals surface area contributed by atoms with Gasteiger partial charge in [-0.3, -0.25) is 0 Å². The Hall–Kier alpha value is -1.29. The van der Waals surface area contributed by atoms with Crippen molar-refractivity contribution in [3.05, 3.63) is 35.9 Å². The number of nitrogens with zero attached hydrogens (tertiary/aromatic N) is 1. The molecule has 1 rings (SSSR count). The lowest BCUT2D eigenvalue weighted by Crippen LogP contribution is -2.09. The Bertz CT molecular complexity index is 293. The highest BCUT2D eigenvalue weighted by molar-refractivity contribution is 5.25. The summed E-state index contributed by atoms with van der Waals surface area (Å²) in [5.74, 6) is 0.550. The summed E-state index contributed by atoms with van der Waals surface area (Å²) in [6.07, 6.45) is 2.15. The van der Waals surface area contributed by atoms with E-state index in [2.05, 4.69) is 19.9 Å². The number of hydrogen-bond acceptors (Lipinski definition) is 1. The van der Waals surface area contributed by atoms with Gasteiger partial charge >= 0.3 is 0 Å². The van der Waals surface area contributed by atoms with Crippen molar-refractivity contribution in [3.63, 3.8) is 0 Å². The molecule has 0 saturated heterocycles. The lowest BCUT2D eigenvalue weighted by atomic mass is 9.84. The first-order chi connectivity index (χ1) is 6.83. The second-order valence-electron chi connectivity index (χ2n) is 3.59. The molecular weight excluding hydrogens is 170 g/mol. The molecule has 0 aliphatic carbocycles. The van der Waals surface area contributed by atoms with E-state index in [-0.39, 0.29) is 5.92 Å². The van der Waals surface area contributed by atoms with E-state index in [1.54, 1.807) is 0 Å². The molecule has 1 unspecified atom stereocenters. The van der Waals surface area contributed by atoms with Gasteiger partial charge in [0.2, 0.25) is 0 Å². The summed E-state index contributed by atoms with van der Waals surface area (Å²) in [7, 11) is 0. The van der Waals surface area contributed by atoms with Crippen LogP contribution in [0.4, 0.5) is 0 Å². The molecule has 0 aromatic heterocycles. The predicted octanol–water partition coefficient (Wildman–Crippen LogP) is 3.73. The molecule has 0 radical (unpaired) electrons. The van der Waals surface area contributed by atoms with Crippen LogP contribution in [0, 0.1) is 17.2 Å². The lowest BCUT2D eigenvalue weighted by Gasteiger charge is -2.18. The van der Waals surface area contributed by atoms with Gasteiger partial charge in [-0.15, -0.1) is 0 Å². The van der Waals surface area contributed by atoms with Crippen molar-refractivity contribution < 1.29 is 0 Å². The first-order valence-corrected chi connectivity index (χ1v) is 5.28. The van der Waals surface area contributed by atoms with Crippen LogP contribution in [0.5, 0.6) is 0 Å². The first kappa shape index (κ1) is 10.8. The normalized spacial score (nSPS) is 12.4. The topological polar surface area (TPSA) is 23.8 Å². The second-order valence-corrected chi connectivity index (χ2v) is 3.59. The van der Waals surface area contributed by atoms with Gasteiger partial charge in [-0.25, -0.2) is 0 Å². The Morgan fingerprint density at radius 2 is 1.71 bits per heavy atom. The largest absolute Gasteiger partial charge is 0.198 e. The molecule has 14 heavy (non-hydrogen) atoms. The summed E-state index contributed by atoms with van der Waals surface area (Å²) in [5.41, 5.74) is 1.16. The van der Waals surface area contributed by atoms with Gasteiger partial charge in [0.25, 0.3) is 0 Å². The van der Waals surface area contributed by atoms with Crippen LogP contribution in [-0.4, -0.2) is 0 Å². The van der Waals surface area contributed by atoms with E-state index in [9.17, 15) is 0 Å². The average Bonchev–Trinajstić information content (AvgIpc) is 2.27. The summed E-state index contributed by atoms with van der Waals surface area (Å²) < 4.78 is 0. The van der Waals surface area contributed by atoms with E-state index in [1.807, 2.05) is 30.3 Å². The molecule has 1 aromatic carbocycles. The van der Waals surface area contributed by atoms with E-state index in [4.69, 9.17) is 5.26 Å². The van der Waals surface area contributed by atoms with E-state index < -0.39 is 0 Å². The van der Waals surface area contributed by atoms with Crippen molar-refractivity contribution in [2.24, 2.45) is 5.92 Å². The molecule has 0 heterocycles. The highest BCUT2D eigenvalue weighted by Gasteiger charge is 2.19. The third-order valence-electron chi connectivity index (χ3n) is 2.82. The molecule has 0 aliphatic rings. The zero-order valence-electron chi connectivity index (χ0n) is 8.90. The van der Waals surface area contributed by atoms with Crippen LogP contribution in [-0.2, 0) is 0 Å². The fourth-order valence-corrected chi connectivity index (χ4v) is 1.87. The third-order valence-corrected chi connectivity index (χ3v) is 2.82. The van der Waals surface area contributed by atoms with Crippen molar-refractivity contribution in [1.82, 2.24) is 0 Å². The monoisotopic (exact) mass is 187 g/mol. The Balaban J connectivity index is 2.88. The standard InChI is InChI=1S/C13H17N/c1-3-11(4-2)13(10-14)12-8-6-5-7-9-12/h5-9,11,13H,3-4H2,1-2H3. The molecule has 1 nitrogen and oxygen atoms in total. The van der Waals surface area contributed by atoms with Gasteiger partial charge in [-0.2, -0.15) is 5.26 Å². The van der Waals surface area contributed by atoms with E-state index >= 15 is 0 Å². The Kier molecular flexibility index (Phi) is 4.19. The molecule has 1 atom stereocenters. The second kappa shape index (κ2) is 5.44. The molecule has 0 bridgehead atoms. The maximum Gasteiger partial charge on any atom is 0.0740 e. The third kappa shape index (κ3) is 2.35. The number of rotatable bonds is 4. The Morgan fingerprint density at radius 1 is 1.14 bits per heavy atom. The predicted molar refractivity (Wildman–Crippen MR) is 58.9 cm³/mol. The minimum Gasteiger partial charge on any atom is -0.198 e. The van der Waals surface area contributed by atoms with Crippen LogP contribution in [0.15, 0.2) is 30.3 Å². The first-order valence-electron chi connectivity index (χ1n) is 5.28. The van der Waals surface area contributed by atoms with Crippen LogP contribution in [0.25, 0.3) is 0 Å². The fraction of sp³-hybridized carbons (Fsp3) is 0.462. The maximum atomic E-state index is 9.16. The van der Waals surface area contributed by atoms with E-state index in [1.165, 1.54) is 0 Å². The number of benzene rings is 1. The summed E-state index contributed by atoms with van der Waals surface area (Å²) in [6, 6.07) is 12.5. The highest BCUT2D eigenvalue weighted by Crippen LogP contribution is 2.28. The molecule has 74 valence electrons. The minimum atomic E-state index is 0.0613. The van der Waals surface area contributed by atoms with Crippen molar-refractivity contribution >= 4 is 0 Å². The van der Waals surface area contributed by atoms with Crippen LogP contribution in [0.2, 0.25) is 0 Å². The molecule has 0 saturated carbocycles. The SMILES string of the molecule is CCC(CC)C(C#N)c1ccccc1. The van der Waals surface area contributed by atoms with Gasteiger partial charge in [-0.1, -0.05) is 57.0 Å². The van der Waals surface area contributed by atoms with Crippen molar-refractivity contribution in [2.45, 2.75) is 32.6 Å². The van der Waals surface area contributed by atoms with E-state index in [0.717, 1.165) is 18.4 Å². The Labute approximate surface area is 86.4 Å². The van der Waals surface area contributed by atoms with Gasteiger partial charge in [0.1, 0.15) is 0 Å². The summed E-state index contributed by atoms with van der Waals surface area (Å²) in [4.78, 5) is 0. The van der Waals surface area contributed by atoms with Crippen LogP contribution < -0.4 is 0 Å². The highest BCUT2D eigenvalue weighted by atomic mass is 14.3. The lowest BCUT2D eigenvalue weighted by molar-refractivity contribution is 0.453. The summed E-state index contributed by atoms with van der Waals surface area (Å²) in [5, 5.41) is 9.16. The van der Waals surface area contributed by atoms with Gasteiger partial charge in [-0.05, 0) is 11.5 Å². The Morgan fingerprint density at radius 3 is 2.14 bits per heavy atom. The maximum absolute atomic E-state index is 9.16. The molecule has 0 fully saturated rings. The molecule has 0 amide bonds. The molecule has 0 N–H and O–H groups in total. The van der Waals surface area contributed by atoms with Gasteiger partial charge < -0.3 is 0 Å². The van der Waals surface area contributed by atoms with E-state index in [0.29, 0.717) is 5.92 Å². The van der Waals surface area contributed by atoms with Crippen molar-refractivity contribution in [3.8, 4) is 6.07 Å². The minimum absolute atomic E-state index is 0.0613. The summed E-state index contributed by atoms with van der Waals surface area (Å²) >= 11 is 0. The molecule has 1 aromatic rings. The van der Waals surface area contributed by atoms with Crippen molar-refractivity contribution in [2.75, 3.05) is 0 Å². The van der Waals surface area contributed by atoms with Crippen LogP contribution >= 0.6 is 0 Å². The molecule has 0 aliphatic heterocycles. The molecular formula is C13H17N. The molecule has 0 spiro atoms. The zero-order valence-corrected chi connectivity index (χ0v) is 8.90. The quantitative estimate of drug-likeness (QED) is 0.704. The fourth-order valence-electron chi connectivity index (χ4n) is 1.87. The molecule has 1 heteroatoms. The van der Waals surface area contributed by atoms with Crippen LogP contribution in [0.1, 0.15) is 38.2 Å². The number of nitriles is 1.